The van der Waals surface area contributed by atoms with Crippen LogP contribution in [0.5, 0.6) is 5.75 Å². The number of nitrogens with one attached hydrogen (secondary N) is 3. The molecule has 49 heavy (non-hydrogen) atoms. The predicted octanol–water partition coefficient (Wildman–Crippen LogP) is 7.87. The first-order valence-corrected chi connectivity index (χ1v) is 16.8. The highest BCUT2D eigenvalue weighted by Crippen LogP contribution is 2.32. The second-order valence-corrected chi connectivity index (χ2v) is 12.8. The number of para-hydroxylation sites is 2. The van der Waals surface area contributed by atoms with Gasteiger partial charge >= 0.3 is 0 Å². The number of nitrogens with zero attached hydrogens (tertiary/aromatic N) is 2. The van der Waals surface area contributed by atoms with Crippen molar-refractivity contribution in [3.8, 4) is 5.75 Å². The van der Waals surface area contributed by atoms with Gasteiger partial charge in [-0.15, -0.1) is 0 Å². The van der Waals surface area contributed by atoms with Crippen LogP contribution < -0.4 is 20.9 Å². The maximum absolute atomic E-state index is 14.3. The Kier molecular flexibility index (Phi) is 11.2. The Bertz CT molecular complexity index is 1890. The molecule has 1 aromatic heterocycles. The minimum absolute atomic E-state index is 0.00249. The SMILES string of the molecule is O=C(NO)c1cn(Cc2ccccc2)c(C(=O)Nc2ccccc2NC2CCN(Cc3ccccc3)CC2)c1OCc1ccc(Cl)c(Cl)c1. The number of likely N-dealkylation sites (tertiary alicyclic amines) is 1. The molecule has 0 aliphatic carbocycles. The molecule has 4 aromatic carbocycles. The highest BCUT2D eigenvalue weighted by atomic mass is 35.5. The summed E-state index contributed by atoms with van der Waals surface area (Å²) >= 11 is 12.3. The highest BCUT2D eigenvalue weighted by Gasteiger charge is 2.28. The van der Waals surface area contributed by atoms with E-state index >= 15 is 0 Å². The zero-order valence-corrected chi connectivity index (χ0v) is 28.3. The number of hydrogen-bond acceptors (Lipinski definition) is 6. The molecule has 252 valence electrons. The fourth-order valence-electron chi connectivity index (χ4n) is 6.02. The van der Waals surface area contributed by atoms with Gasteiger partial charge in [0.2, 0.25) is 0 Å². The smallest absolute Gasteiger partial charge is 0.279 e. The van der Waals surface area contributed by atoms with Crippen molar-refractivity contribution < 1.29 is 19.5 Å². The second kappa shape index (κ2) is 16.1. The number of halogens is 2. The van der Waals surface area contributed by atoms with Gasteiger partial charge in [0, 0.05) is 38.4 Å². The number of carbonyl (C=O) groups is 2. The van der Waals surface area contributed by atoms with Crippen LogP contribution in [0.2, 0.25) is 10.0 Å². The largest absolute Gasteiger partial charge is 0.486 e. The number of benzene rings is 4. The van der Waals surface area contributed by atoms with E-state index in [2.05, 4.69) is 39.8 Å². The van der Waals surface area contributed by atoms with Crippen LogP contribution in [-0.4, -0.2) is 45.6 Å². The lowest BCUT2D eigenvalue weighted by Crippen LogP contribution is -2.38. The lowest BCUT2D eigenvalue weighted by atomic mass is 10.0. The molecule has 1 aliphatic rings. The van der Waals surface area contributed by atoms with E-state index < -0.39 is 11.8 Å². The molecule has 6 rings (SSSR count). The molecule has 0 unspecified atom stereocenters. The molecular formula is C38H37Cl2N5O4. The molecule has 0 spiro atoms. The summed E-state index contributed by atoms with van der Waals surface area (Å²) in [7, 11) is 0. The van der Waals surface area contributed by atoms with Gasteiger partial charge in [-0.3, -0.25) is 19.7 Å². The average molecular weight is 699 g/mol. The van der Waals surface area contributed by atoms with E-state index in [0.717, 1.165) is 43.7 Å². The third kappa shape index (κ3) is 8.63. The summed E-state index contributed by atoms with van der Waals surface area (Å²) in [6, 6.07) is 32.9. The third-order valence-electron chi connectivity index (χ3n) is 8.53. The maximum Gasteiger partial charge on any atom is 0.279 e. The van der Waals surface area contributed by atoms with Crippen LogP contribution in [0.25, 0.3) is 0 Å². The van der Waals surface area contributed by atoms with E-state index in [1.165, 1.54) is 11.8 Å². The van der Waals surface area contributed by atoms with Crippen molar-refractivity contribution in [2.24, 2.45) is 0 Å². The number of anilines is 2. The summed E-state index contributed by atoms with van der Waals surface area (Å²) in [6.45, 7) is 3.10. The third-order valence-corrected chi connectivity index (χ3v) is 9.27. The van der Waals surface area contributed by atoms with Gasteiger partial charge in [-0.25, -0.2) is 5.48 Å². The van der Waals surface area contributed by atoms with Crippen LogP contribution in [-0.2, 0) is 19.7 Å². The number of amides is 2. The van der Waals surface area contributed by atoms with Gasteiger partial charge in [0.25, 0.3) is 11.8 Å². The standard InChI is InChI=1S/C38H37Cl2N5O4/c39-31-16-15-28(21-32(31)40)25-49-36-30(37(46)43-48)24-45(23-27-11-5-2-6-12-27)35(36)38(47)42-34-14-8-7-13-33(34)41-29-17-19-44(20-18-29)22-26-9-3-1-4-10-26/h1-16,21,24,29,41,48H,17-20,22-23,25H2,(H,42,47)(H,43,46). The summed E-state index contributed by atoms with van der Waals surface area (Å²) in [6.07, 6.45) is 3.42. The first-order valence-electron chi connectivity index (χ1n) is 16.1. The summed E-state index contributed by atoms with van der Waals surface area (Å²) in [5, 5.41) is 17.1. The molecule has 1 fully saturated rings. The van der Waals surface area contributed by atoms with E-state index in [-0.39, 0.29) is 36.2 Å². The number of hydroxylamine groups is 1. The normalized spacial score (nSPS) is 13.5. The van der Waals surface area contributed by atoms with Gasteiger partial charge in [0.05, 0.1) is 21.4 Å². The average Bonchev–Trinajstić information content (AvgIpc) is 3.48. The van der Waals surface area contributed by atoms with Gasteiger partial charge in [0.15, 0.2) is 11.4 Å². The number of aromatic nitrogens is 1. The second-order valence-electron chi connectivity index (χ2n) is 12.0. The zero-order chi connectivity index (χ0) is 34.2. The molecule has 5 aromatic rings. The molecule has 1 aliphatic heterocycles. The van der Waals surface area contributed by atoms with Crippen LogP contribution in [0, 0.1) is 0 Å². The number of ether oxygens (including phenoxy) is 1. The van der Waals surface area contributed by atoms with Crippen LogP contribution in [0.4, 0.5) is 11.4 Å². The molecular weight excluding hydrogens is 661 g/mol. The molecule has 0 saturated carbocycles. The molecule has 0 radical (unpaired) electrons. The Morgan fingerprint density at radius 2 is 1.39 bits per heavy atom. The summed E-state index contributed by atoms with van der Waals surface area (Å²) in [5.41, 5.74) is 6.07. The Morgan fingerprint density at radius 1 is 0.755 bits per heavy atom. The van der Waals surface area contributed by atoms with E-state index in [1.54, 1.807) is 28.2 Å². The number of rotatable bonds is 12. The van der Waals surface area contributed by atoms with Crippen LogP contribution in [0.3, 0.4) is 0 Å². The van der Waals surface area contributed by atoms with Crippen molar-refractivity contribution in [2.75, 3.05) is 23.7 Å². The van der Waals surface area contributed by atoms with E-state index in [1.807, 2.05) is 60.7 Å². The zero-order valence-electron chi connectivity index (χ0n) is 26.7. The Labute approximate surface area is 295 Å². The maximum atomic E-state index is 14.3. The van der Waals surface area contributed by atoms with Crippen LogP contribution in [0.1, 0.15) is 50.4 Å². The monoisotopic (exact) mass is 697 g/mol. The Balaban J connectivity index is 1.24. The van der Waals surface area contributed by atoms with Gasteiger partial charge < -0.3 is 19.9 Å². The predicted molar refractivity (Wildman–Crippen MR) is 193 cm³/mol. The minimum atomic E-state index is -0.814. The molecule has 9 nitrogen and oxygen atoms in total. The minimum Gasteiger partial charge on any atom is -0.486 e. The van der Waals surface area contributed by atoms with Gasteiger partial charge in [-0.1, -0.05) is 102 Å². The van der Waals surface area contributed by atoms with Gasteiger partial charge in [-0.2, -0.15) is 0 Å². The number of hydrogen-bond donors (Lipinski definition) is 4. The fraction of sp³-hybridized carbons (Fsp3) is 0.211. The quantitative estimate of drug-likeness (QED) is 0.0781. The van der Waals surface area contributed by atoms with Gasteiger partial charge in [-0.05, 0) is 53.8 Å². The van der Waals surface area contributed by atoms with Gasteiger partial charge in [0.1, 0.15) is 12.2 Å². The Morgan fingerprint density at radius 3 is 2.04 bits per heavy atom. The molecule has 0 atom stereocenters. The lowest BCUT2D eigenvalue weighted by Gasteiger charge is -2.33. The van der Waals surface area contributed by atoms with E-state index in [9.17, 15) is 14.8 Å². The first kappa shape index (κ1) is 34.1. The molecule has 4 N–H and O–H groups in total. The van der Waals surface area contributed by atoms with Crippen molar-refractivity contribution in [1.82, 2.24) is 14.9 Å². The van der Waals surface area contributed by atoms with Crippen LogP contribution in [0.15, 0.2) is 109 Å². The summed E-state index contributed by atoms with van der Waals surface area (Å²) < 4.78 is 7.83. The van der Waals surface area contributed by atoms with Crippen molar-refractivity contribution in [2.45, 2.75) is 38.6 Å². The van der Waals surface area contributed by atoms with E-state index in [0.29, 0.717) is 21.3 Å². The molecule has 2 amide bonds. The van der Waals surface area contributed by atoms with Crippen LogP contribution >= 0.6 is 23.2 Å². The Hall–Kier alpha value is -4.80. The van der Waals surface area contributed by atoms with Crippen molar-refractivity contribution >= 4 is 46.4 Å². The number of carbonyl (C=O) groups excluding carboxylic acids is 2. The molecule has 11 heteroatoms. The fourth-order valence-corrected chi connectivity index (χ4v) is 6.35. The van der Waals surface area contributed by atoms with Crippen molar-refractivity contribution in [1.29, 1.82) is 0 Å². The molecule has 2 heterocycles. The lowest BCUT2D eigenvalue weighted by molar-refractivity contribution is 0.0702. The van der Waals surface area contributed by atoms with Crippen molar-refractivity contribution in [3.05, 3.63) is 147 Å². The topological polar surface area (TPSA) is 108 Å². The first-order chi connectivity index (χ1) is 23.9. The summed E-state index contributed by atoms with van der Waals surface area (Å²) in [4.78, 5) is 29.6. The molecule has 0 bridgehead atoms. The molecule has 1 saturated heterocycles. The number of piperidine rings is 1. The van der Waals surface area contributed by atoms with E-state index in [4.69, 9.17) is 27.9 Å². The summed E-state index contributed by atoms with van der Waals surface area (Å²) in [5.74, 6) is -1.28. The highest BCUT2D eigenvalue weighted by molar-refractivity contribution is 6.42. The van der Waals surface area contributed by atoms with Crippen molar-refractivity contribution in [3.63, 3.8) is 0 Å².